The van der Waals surface area contributed by atoms with E-state index in [2.05, 4.69) is 21.2 Å². The highest BCUT2D eigenvalue weighted by atomic mass is 79.9. The van der Waals surface area contributed by atoms with Crippen LogP contribution in [-0.2, 0) is 13.2 Å². The zero-order chi connectivity index (χ0) is 16.7. The van der Waals surface area contributed by atoms with Crippen LogP contribution in [0.3, 0.4) is 0 Å². The lowest BCUT2D eigenvalue weighted by Gasteiger charge is -2.15. The van der Waals surface area contributed by atoms with Crippen molar-refractivity contribution in [1.29, 1.82) is 0 Å². The maximum Gasteiger partial charge on any atom is 0.175 e. The lowest BCUT2D eigenvalue weighted by atomic mass is 10.2. The molecule has 0 aliphatic carbocycles. The molecule has 2 rings (SSSR count). The molecule has 4 nitrogen and oxygen atoms in total. The molecule has 0 aromatic heterocycles. The van der Waals surface area contributed by atoms with Gasteiger partial charge in [0.25, 0.3) is 0 Å². The van der Waals surface area contributed by atoms with E-state index in [1.807, 2.05) is 36.4 Å². The van der Waals surface area contributed by atoms with Crippen LogP contribution in [0.1, 0.15) is 11.1 Å². The SMILES string of the molecule is COc1cc(CNCCO)cc(Br)c1OCc1ccc(Cl)cc1.Cl. The van der Waals surface area contributed by atoms with Gasteiger partial charge in [0, 0.05) is 18.1 Å². The summed E-state index contributed by atoms with van der Waals surface area (Å²) in [6.45, 7) is 1.73. The summed E-state index contributed by atoms with van der Waals surface area (Å²) < 4.78 is 12.1. The molecule has 0 fully saturated rings. The fourth-order valence-corrected chi connectivity index (χ4v) is 2.79. The van der Waals surface area contributed by atoms with Gasteiger partial charge in [0.05, 0.1) is 18.2 Å². The van der Waals surface area contributed by atoms with Crippen LogP contribution >= 0.6 is 39.9 Å². The summed E-state index contributed by atoms with van der Waals surface area (Å²) in [6.07, 6.45) is 0. The molecule has 0 unspecified atom stereocenters. The molecule has 0 saturated heterocycles. The van der Waals surface area contributed by atoms with Crippen molar-refractivity contribution in [2.24, 2.45) is 0 Å². The van der Waals surface area contributed by atoms with Crippen LogP contribution in [0.2, 0.25) is 5.02 Å². The summed E-state index contributed by atoms with van der Waals surface area (Å²) in [5.41, 5.74) is 2.07. The molecule has 0 aliphatic heterocycles. The third kappa shape index (κ3) is 6.15. The molecule has 0 spiro atoms. The van der Waals surface area contributed by atoms with Crippen LogP contribution < -0.4 is 14.8 Å². The van der Waals surface area contributed by atoms with E-state index < -0.39 is 0 Å². The van der Waals surface area contributed by atoms with Crippen LogP contribution in [0.4, 0.5) is 0 Å². The van der Waals surface area contributed by atoms with E-state index in [1.165, 1.54) is 0 Å². The second-order valence-electron chi connectivity index (χ2n) is 4.92. The maximum absolute atomic E-state index is 8.81. The average molecular weight is 437 g/mol. The highest BCUT2D eigenvalue weighted by Crippen LogP contribution is 2.37. The number of ether oxygens (including phenoxy) is 2. The Labute approximate surface area is 161 Å². The van der Waals surface area contributed by atoms with Crippen molar-refractivity contribution in [2.75, 3.05) is 20.3 Å². The van der Waals surface area contributed by atoms with Crippen molar-refractivity contribution in [3.8, 4) is 11.5 Å². The zero-order valence-corrected chi connectivity index (χ0v) is 16.4. The third-order valence-electron chi connectivity index (χ3n) is 3.20. The molecule has 2 aromatic rings. The molecular weight excluding hydrogens is 417 g/mol. The normalized spacial score (nSPS) is 10.2. The quantitative estimate of drug-likeness (QED) is 0.609. The Kier molecular flexibility index (Phi) is 9.48. The predicted molar refractivity (Wildman–Crippen MR) is 103 cm³/mol. The lowest BCUT2D eigenvalue weighted by Crippen LogP contribution is -2.17. The van der Waals surface area contributed by atoms with Gasteiger partial charge in [-0.3, -0.25) is 0 Å². The Morgan fingerprint density at radius 3 is 2.50 bits per heavy atom. The fourth-order valence-electron chi connectivity index (χ4n) is 2.06. The predicted octanol–water partition coefficient (Wildman–Crippen LogP) is 4.19. The number of benzene rings is 2. The van der Waals surface area contributed by atoms with Gasteiger partial charge in [-0.25, -0.2) is 0 Å². The first kappa shape index (κ1) is 21.1. The fraction of sp³-hybridized carbons (Fsp3) is 0.294. The summed E-state index contributed by atoms with van der Waals surface area (Å²) >= 11 is 9.41. The summed E-state index contributed by atoms with van der Waals surface area (Å²) in [7, 11) is 1.61. The molecule has 0 radical (unpaired) electrons. The molecule has 0 aliphatic rings. The first-order valence-corrected chi connectivity index (χ1v) is 8.36. The Morgan fingerprint density at radius 1 is 1.17 bits per heavy atom. The van der Waals surface area contributed by atoms with E-state index >= 15 is 0 Å². The molecule has 0 bridgehead atoms. The molecule has 0 atom stereocenters. The lowest BCUT2D eigenvalue weighted by molar-refractivity contribution is 0.282. The molecule has 2 N–H and O–H groups in total. The third-order valence-corrected chi connectivity index (χ3v) is 4.04. The van der Waals surface area contributed by atoms with Crippen molar-refractivity contribution in [3.05, 3.63) is 57.0 Å². The van der Waals surface area contributed by atoms with Gasteiger partial charge in [-0.15, -0.1) is 12.4 Å². The number of hydrogen-bond acceptors (Lipinski definition) is 4. The number of nitrogens with one attached hydrogen (secondary N) is 1. The summed E-state index contributed by atoms with van der Waals surface area (Å²) in [4.78, 5) is 0. The van der Waals surface area contributed by atoms with Crippen LogP contribution in [0, 0.1) is 0 Å². The summed E-state index contributed by atoms with van der Waals surface area (Å²) in [5.74, 6) is 1.32. The van der Waals surface area contributed by atoms with Crippen LogP contribution in [0.5, 0.6) is 11.5 Å². The minimum absolute atomic E-state index is 0. The van der Waals surface area contributed by atoms with Crippen molar-refractivity contribution in [3.63, 3.8) is 0 Å². The molecule has 0 saturated carbocycles. The summed E-state index contributed by atoms with van der Waals surface area (Å²) in [6, 6.07) is 11.4. The number of aliphatic hydroxyl groups excluding tert-OH is 1. The molecule has 7 heteroatoms. The van der Waals surface area contributed by atoms with Gasteiger partial charge in [0.2, 0.25) is 0 Å². The molecule has 0 heterocycles. The standard InChI is InChI=1S/C17H19BrClNO3.ClH/c1-22-16-9-13(10-20-6-7-21)8-15(18)17(16)23-11-12-2-4-14(19)5-3-12;/h2-5,8-9,20-21H,6-7,10-11H2,1H3;1H. The number of aliphatic hydroxyl groups is 1. The molecule has 24 heavy (non-hydrogen) atoms. The Morgan fingerprint density at radius 2 is 1.88 bits per heavy atom. The van der Waals surface area contributed by atoms with Crippen molar-refractivity contribution >= 4 is 39.9 Å². The average Bonchev–Trinajstić information content (AvgIpc) is 2.55. The van der Waals surface area contributed by atoms with Gasteiger partial charge in [-0.05, 0) is 51.3 Å². The minimum atomic E-state index is 0. The van der Waals surface area contributed by atoms with E-state index in [0.717, 1.165) is 15.6 Å². The van der Waals surface area contributed by atoms with Gasteiger partial charge in [-0.1, -0.05) is 23.7 Å². The number of halogens is 3. The van der Waals surface area contributed by atoms with Crippen LogP contribution in [0.15, 0.2) is 40.9 Å². The van der Waals surface area contributed by atoms with Crippen LogP contribution in [0.25, 0.3) is 0 Å². The van der Waals surface area contributed by atoms with Crippen molar-refractivity contribution in [2.45, 2.75) is 13.2 Å². The van der Waals surface area contributed by atoms with Gasteiger partial charge < -0.3 is 19.9 Å². The number of hydrogen-bond donors (Lipinski definition) is 2. The van der Waals surface area contributed by atoms with E-state index in [9.17, 15) is 0 Å². The first-order chi connectivity index (χ1) is 11.1. The second-order valence-corrected chi connectivity index (χ2v) is 6.22. The Bertz CT molecular complexity index is 638. The Balaban J connectivity index is 0.00000288. The highest BCUT2D eigenvalue weighted by molar-refractivity contribution is 9.10. The van der Waals surface area contributed by atoms with E-state index in [1.54, 1.807) is 7.11 Å². The zero-order valence-electron chi connectivity index (χ0n) is 13.2. The molecule has 132 valence electrons. The second kappa shape index (κ2) is 10.8. The summed E-state index contributed by atoms with van der Waals surface area (Å²) in [5, 5.41) is 12.6. The maximum atomic E-state index is 8.81. The van der Waals surface area contributed by atoms with Gasteiger partial charge in [0.1, 0.15) is 6.61 Å². The van der Waals surface area contributed by atoms with Crippen LogP contribution in [-0.4, -0.2) is 25.4 Å². The number of rotatable bonds is 8. The number of methoxy groups -OCH3 is 1. The van der Waals surface area contributed by atoms with E-state index in [4.69, 9.17) is 26.2 Å². The molecular formula is C17H20BrCl2NO3. The topological polar surface area (TPSA) is 50.7 Å². The van der Waals surface area contributed by atoms with Crippen molar-refractivity contribution < 1.29 is 14.6 Å². The first-order valence-electron chi connectivity index (χ1n) is 7.19. The van der Waals surface area contributed by atoms with E-state index in [0.29, 0.717) is 36.2 Å². The highest BCUT2D eigenvalue weighted by Gasteiger charge is 2.12. The smallest absolute Gasteiger partial charge is 0.175 e. The van der Waals surface area contributed by atoms with E-state index in [-0.39, 0.29) is 19.0 Å². The van der Waals surface area contributed by atoms with Gasteiger partial charge in [-0.2, -0.15) is 0 Å². The molecule has 2 aromatic carbocycles. The van der Waals surface area contributed by atoms with Gasteiger partial charge in [0.15, 0.2) is 11.5 Å². The Hall–Kier alpha value is -0.980. The monoisotopic (exact) mass is 435 g/mol. The van der Waals surface area contributed by atoms with Crippen molar-refractivity contribution in [1.82, 2.24) is 5.32 Å². The minimum Gasteiger partial charge on any atom is -0.493 e. The molecule has 0 amide bonds. The largest absolute Gasteiger partial charge is 0.493 e. The van der Waals surface area contributed by atoms with Gasteiger partial charge >= 0.3 is 0 Å².